The lowest BCUT2D eigenvalue weighted by Crippen LogP contribution is -2.32. The molecule has 0 bridgehead atoms. The van der Waals surface area contributed by atoms with Crippen LogP contribution in [0.3, 0.4) is 0 Å². The second-order valence-corrected chi connectivity index (χ2v) is 6.60. The molecule has 0 aromatic heterocycles. The average Bonchev–Trinajstić information content (AvgIpc) is 2.48. The minimum atomic E-state index is -4.57. The smallest absolute Gasteiger partial charge is 0.326 e. The molecule has 128 valence electrons. The number of carbonyl (C=O) groups excluding carboxylic acids is 1. The van der Waals surface area contributed by atoms with Gasteiger partial charge < -0.3 is 5.32 Å². The number of alkyl halides is 3. The molecular weight excluding hydrogens is 339 g/mol. The molecule has 24 heavy (non-hydrogen) atoms. The Morgan fingerprint density at radius 3 is 2.29 bits per heavy atom. The highest BCUT2D eigenvalue weighted by Crippen LogP contribution is 2.36. The molecule has 0 aliphatic heterocycles. The fourth-order valence-corrected chi connectivity index (χ4v) is 2.53. The van der Waals surface area contributed by atoms with Gasteiger partial charge in [-0.05, 0) is 30.2 Å². The molecule has 0 spiro atoms. The van der Waals surface area contributed by atoms with E-state index in [4.69, 9.17) is 11.6 Å². The summed E-state index contributed by atoms with van der Waals surface area (Å²) in [6, 6.07) is 12.8. The van der Waals surface area contributed by atoms with E-state index in [0.29, 0.717) is 6.42 Å². The molecule has 2 rings (SSSR count). The number of halogens is 4. The fourth-order valence-electron chi connectivity index (χ4n) is 2.31. The molecule has 0 saturated heterocycles. The second-order valence-electron chi connectivity index (χ2n) is 6.19. The lowest BCUT2D eigenvalue weighted by atomic mass is 9.84. The standard InChI is InChI=1S/C18H17ClF3NO/c1-17(2,11-12-6-4-3-5-7-12)16(24)23-13-8-9-15(19)14(10-13)18(20,21)22/h3-10H,11H2,1-2H3,(H,23,24). The molecule has 2 aromatic rings. The van der Waals surface area contributed by atoms with Gasteiger partial charge in [-0.1, -0.05) is 55.8 Å². The van der Waals surface area contributed by atoms with E-state index in [-0.39, 0.29) is 11.6 Å². The summed E-state index contributed by atoms with van der Waals surface area (Å²) in [4.78, 5) is 12.5. The Labute approximate surface area is 143 Å². The van der Waals surface area contributed by atoms with Crippen molar-refractivity contribution in [1.29, 1.82) is 0 Å². The highest BCUT2D eigenvalue weighted by molar-refractivity contribution is 6.31. The quantitative estimate of drug-likeness (QED) is 0.763. The van der Waals surface area contributed by atoms with E-state index in [2.05, 4.69) is 5.32 Å². The van der Waals surface area contributed by atoms with E-state index in [9.17, 15) is 18.0 Å². The lowest BCUT2D eigenvalue weighted by Gasteiger charge is -2.24. The zero-order valence-electron chi connectivity index (χ0n) is 13.2. The molecule has 0 saturated carbocycles. The Morgan fingerprint density at radius 2 is 1.71 bits per heavy atom. The van der Waals surface area contributed by atoms with Crippen molar-refractivity contribution in [1.82, 2.24) is 0 Å². The molecule has 0 aliphatic rings. The normalized spacial score (nSPS) is 12.1. The number of benzene rings is 2. The summed E-state index contributed by atoms with van der Waals surface area (Å²) in [5.74, 6) is -0.359. The summed E-state index contributed by atoms with van der Waals surface area (Å²) in [7, 11) is 0. The predicted molar refractivity (Wildman–Crippen MR) is 89.0 cm³/mol. The molecule has 0 atom stereocenters. The van der Waals surface area contributed by atoms with Gasteiger partial charge >= 0.3 is 6.18 Å². The number of nitrogens with one attached hydrogen (secondary N) is 1. The van der Waals surface area contributed by atoms with Crippen LogP contribution in [0.25, 0.3) is 0 Å². The first-order chi connectivity index (χ1) is 11.1. The van der Waals surface area contributed by atoms with E-state index in [0.717, 1.165) is 17.7 Å². The molecular formula is C18H17ClF3NO. The van der Waals surface area contributed by atoms with E-state index < -0.39 is 22.2 Å². The molecule has 0 radical (unpaired) electrons. The van der Waals surface area contributed by atoms with Crippen LogP contribution in [0.4, 0.5) is 18.9 Å². The predicted octanol–water partition coefficient (Wildman–Crippen LogP) is 5.57. The third kappa shape index (κ3) is 4.51. The van der Waals surface area contributed by atoms with E-state index in [1.165, 1.54) is 6.07 Å². The summed E-state index contributed by atoms with van der Waals surface area (Å²) in [6.45, 7) is 3.49. The van der Waals surface area contributed by atoms with Crippen molar-refractivity contribution in [3.05, 3.63) is 64.7 Å². The second kappa shape index (κ2) is 6.85. The first-order valence-corrected chi connectivity index (χ1v) is 7.69. The fraction of sp³-hybridized carbons (Fsp3) is 0.278. The van der Waals surface area contributed by atoms with Gasteiger partial charge in [0.25, 0.3) is 0 Å². The largest absolute Gasteiger partial charge is 0.417 e. The van der Waals surface area contributed by atoms with Crippen LogP contribution in [0.1, 0.15) is 25.0 Å². The van der Waals surface area contributed by atoms with E-state index >= 15 is 0 Å². The summed E-state index contributed by atoms with van der Waals surface area (Å²) >= 11 is 5.58. The number of rotatable bonds is 4. The molecule has 2 aromatic carbocycles. The molecule has 0 heterocycles. The molecule has 0 aliphatic carbocycles. The van der Waals surface area contributed by atoms with Crippen LogP contribution in [-0.4, -0.2) is 5.91 Å². The Morgan fingerprint density at radius 1 is 1.08 bits per heavy atom. The van der Waals surface area contributed by atoms with Gasteiger partial charge in [-0.15, -0.1) is 0 Å². The van der Waals surface area contributed by atoms with Crippen LogP contribution < -0.4 is 5.32 Å². The van der Waals surface area contributed by atoms with Gasteiger partial charge in [-0.25, -0.2) is 0 Å². The number of amides is 1. The average molecular weight is 356 g/mol. The highest BCUT2D eigenvalue weighted by atomic mass is 35.5. The Hall–Kier alpha value is -2.01. The summed E-state index contributed by atoms with van der Waals surface area (Å²) < 4.78 is 38.7. The van der Waals surface area contributed by atoms with Crippen molar-refractivity contribution in [3.8, 4) is 0 Å². The van der Waals surface area contributed by atoms with Gasteiger partial charge in [0.15, 0.2) is 0 Å². The molecule has 0 unspecified atom stereocenters. The monoisotopic (exact) mass is 355 g/mol. The maximum Gasteiger partial charge on any atom is 0.417 e. The van der Waals surface area contributed by atoms with Crippen LogP contribution in [-0.2, 0) is 17.4 Å². The minimum absolute atomic E-state index is 0.0675. The maximum atomic E-state index is 12.9. The van der Waals surface area contributed by atoms with Crippen molar-refractivity contribution in [2.75, 3.05) is 5.32 Å². The van der Waals surface area contributed by atoms with Crippen molar-refractivity contribution < 1.29 is 18.0 Å². The van der Waals surface area contributed by atoms with Crippen molar-refractivity contribution in [2.45, 2.75) is 26.4 Å². The Bertz CT molecular complexity index is 727. The molecule has 1 amide bonds. The zero-order valence-corrected chi connectivity index (χ0v) is 14.0. The van der Waals surface area contributed by atoms with Gasteiger partial charge in [-0.3, -0.25) is 4.79 Å². The number of hydrogen-bond donors (Lipinski definition) is 1. The van der Waals surface area contributed by atoms with Gasteiger partial charge in [-0.2, -0.15) is 13.2 Å². The third-order valence-electron chi connectivity index (χ3n) is 3.63. The van der Waals surface area contributed by atoms with Crippen LogP contribution in [0.2, 0.25) is 5.02 Å². The summed E-state index contributed by atoms with van der Waals surface area (Å²) in [5.41, 5.74) is -0.704. The molecule has 2 nitrogen and oxygen atoms in total. The van der Waals surface area contributed by atoms with Gasteiger partial charge in [0.05, 0.1) is 10.6 Å². The first-order valence-electron chi connectivity index (χ1n) is 7.32. The molecule has 1 N–H and O–H groups in total. The molecule has 6 heteroatoms. The summed E-state index contributed by atoms with van der Waals surface area (Å²) in [5, 5.41) is 2.15. The number of hydrogen-bond acceptors (Lipinski definition) is 1. The van der Waals surface area contributed by atoms with Crippen molar-refractivity contribution >= 4 is 23.2 Å². The third-order valence-corrected chi connectivity index (χ3v) is 3.96. The summed E-state index contributed by atoms with van der Waals surface area (Å²) in [6.07, 6.45) is -4.10. The Balaban J connectivity index is 2.17. The van der Waals surface area contributed by atoms with Gasteiger partial charge in [0.1, 0.15) is 0 Å². The van der Waals surface area contributed by atoms with Crippen molar-refractivity contribution in [2.24, 2.45) is 5.41 Å². The lowest BCUT2D eigenvalue weighted by molar-refractivity contribution is -0.137. The zero-order chi connectivity index (χ0) is 18.0. The van der Waals surface area contributed by atoms with Crippen LogP contribution in [0.15, 0.2) is 48.5 Å². The van der Waals surface area contributed by atoms with Crippen molar-refractivity contribution in [3.63, 3.8) is 0 Å². The number of carbonyl (C=O) groups is 1. The topological polar surface area (TPSA) is 29.1 Å². The highest BCUT2D eigenvalue weighted by Gasteiger charge is 2.34. The Kier molecular flexibility index (Phi) is 5.23. The van der Waals surface area contributed by atoms with Crippen LogP contribution in [0.5, 0.6) is 0 Å². The SMILES string of the molecule is CC(C)(Cc1ccccc1)C(=O)Nc1ccc(Cl)c(C(F)(F)F)c1. The first kappa shape index (κ1) is 18.3. The molecule has 0 fully saturated rings. The van der Waals surface area contributed by atoms with Crippen LogP contribution in [0, 0.1) is 5.41 Å². The van der Waals surface area contributed by atoms with Gasteiger partial charge in [0, 0.05) is 11.1 Å². The number of anilines is 1. The van der Waals surface area contributed by atoms with Gasteiger partial charge in [0.2, 0.25) is 5.91 Å². The minimum Gasteiger partial charge on any atom is -0.326 e. The maximum absolute atomic E-state index is 12.9. The van der Waals surface area contributed by atoms with E-state index in [1.807, 2.05) is 30.3 Å². The van der Waals surface area contributed by atoms with E-state index in [1.54, 1.807) is 13.8 Å². The van der Waals surface area contributed by atoms with Crippen LogP contribution >= 0.6 is 11.6 Å².